The lowest BCUT2D eigenvalue weighted by Crippen LogP contribution is -2.30. The fraction of sp³-hybridized carbons (Fsp3) is 0.273. The smallest absolute Gasteiger partial charge is 0.266 e. The SMILES string of the molecule is COc1ccc(CCN2C(=O)/C(=C/c3ccc(N(C)C)cc3)SC2=S)cc1OC. The van der Waals surface area contributed by atoms with Crippen LogP contribution in [0.1, 0.15) is 11.1 Å². The average molecular weight is 429 g/mol. The zero-order valence-electron chi connectivity index (χ0n) is 17.0. The second-order valence-corrected chi connectivity index (χ2v) is 8.43. The van der Waals surface area contributed by atoms with Crippen LogP contribution in [-0.4, -0.2) is 50.0 Å². The van der Waals surface area contributed by atoms with Crippen LogP contribution in [0.5, 0.6) is 11.5 Å². The molecular formula is C22H24N2O3S2. The van der Waals surface area contributed by atoms with Crippen molar-refractivity contribution in [3.05, 3.63) is 58.5 Å². The predicted octanol–water partition coefficient (Wildman–Crippen LogP) is 4.21. The normalized spacial score (nSPS) is 15.2. The number of rotatable bonds is 7. The molecule has 29 heavy (non-hydrogen) atoms. The van der Waals surface area contributed by atoms with E-state index in [2.05, 4.69) is 0 Å². The number of nitrogens with zero attached hydrogens (tertiary/aromatic N) is 2. The Bertz CT molecular complexity index is 940. The first-order chi connectivity index (χ1) is 13.9. The van der Waals surface area contributed by atoms with Crippen molar-refractivity contribution in [1.29, 1.82) is 0 Å². The Morgan fingerprint density at radius 2 is 1.76 bits per heavy atom. The molecule has 2 aromatic carbocycles. The summed E-state index contributed by atoms with van der Waals surface area (Å²) in [6.07, 6.45) is 2.58. The van der Waals surface area contributed by atoms with Crippen LogP contribution in [-0.2, 0) is 11.2 Å². The highest BCUT2D eigenvalue weighted by Crippen LogP contribution is 2.33. The lowest BCUT2D eigenvalue weighted by atomic mass is 10.1. The molecule has 152 valence electrons. The van der Waals surface area contributed by atoms with Gasteiger partial charge in [-0.25, -0.2) is 0 Å². The molecular weight excluding hydrogens is 404 g/mol. The van der Waals surface area contributed by atoms with Gasteiger partial charge in [0.25, 0.3) is 5.91 Å². The summed E-state index contributed by atoms with van der Waals surface area (Å²) >= 11 is 6.80. The lowest BCUT2D eigenvalue weighted by Gasteiger charge is -2.15. The minimum Gasteiger partial charge on any atom is -0.493 e. The van der Waals surface area contributed by atoms with Gasteiger partial charge in [0.1, 0.15) is 4.32 Å². The Hall–Kier alpha value is -2.51. The number of amides is 1. The van der Waals surface area contributed by atoms with Gasteiger partial charge >= 0.3 is 0 Å². The Balaban J connectivity index is 1.69. The monoisotopic (exact) mass is 428 g/mol. The van der Waals surface area contributed by atoms with Crippen molar-refractivity contribution < 1.29 is 14.3 Å². The number of hydrogen-bond donors (Lipinski definition) is 0. The van der Waals surface area contributed by atoms with Crippen molar-refractivity contribution in [3.8, 4) is 11.5 Å². The van der Waals surface area contributed by atoms with E-state index in [4.69, 9.17) is 21.7 Å². The maximum absolute atomic E-state index is 12.8. The third kappa shape index (κ3) is 4.92. The standard InChI is InChI=1S/C22H24N2O3S2/c1-23(2)17-8-5-15(6-9-17)14-20-21(25)24(22(28)29-20)12-11-16-7-10-18(26-3)19(13-16)27-4/h5-10,13-14H,11-12H2,1-4H3/b20-14-. The van der Waals surface area contributed by atoms with E-state index in [0.717, 1.165) is 16.8 Å². The molecule has 0 saturated carbocycles. The highest BCUT2D eigenvalue weighted by Gasteiger charge is 2.31. The van der Waals surface area contributed by atoms with Gasteiger partial charge in [-0.2, -0.15) is 0 Å². The molecule has 0 atom stereocenters. The first-order valence-corrected chi connectivity index (χ1v) is 10.4. The van der Waals surface area contributed by atoms with Crippen LogP contribution in [0.3, 0.4) is 0 Å². The number of benzene rings is 2. The van der Waals surface area contributed by atoms with Crippen molar-refractivity contribution in [1.82, 2.24) is 4.90 Å². The number of ether oxygens (including phenoxy) is 2. The third-order valence-corrected chi connectivity index (χ3v) is 6.03. The maximum atomic E-state index is 12.8. The Morgan fingerprint density at radius 1 is 1.07 bits per heavy atom. The van der Waals surface area contributed by atoms with Gasteiger partial charge in [0.15, 0.2) is 11.5 Å². The molecule has 1 fully saturated rings. The van der Waals surface area contributed by atoms with Gasteiger partial charge in [0, 0.05) is 26.3 Å². The summed E-state index contributed by atoms with van der Waals surface area (Å²) in [5.74, 6) is 1.32. The number of hydrogen-bond acceptors (Lipinski definition) is 6. The maximum Gasteiger partial charge on any atom is 0.266 e. The number of anilines is 1. The zero-order chi connectivity index (χ0) is 21.0. The van der Waals surface area contributed by atoms with E-state index in [9.17, 15) is 4.79 Å². The molecule has 0 bridgehead atoms. The van der Waals surface area contributed by atoms with Crippen LogP contribution < -0.4 is 14.4 Å². The first-order valence-electron chi connectivity index (χ1n) is 9.16. The minimum absolute atomic E-state index is 0.0443. The van der Waals surface area contributed by atoms with E-state index in [1.54, 1.807) is 19.1 Å². The van der Waals surface area contributed by atoms with E-state index in [0.29, 0.717) is 33.7 Å². The quantitative estimate of drug-likeness (QED) is 0.486. The summed E-state index contributed by atoms with van der Waals surface area (Å²) in [6.45, 7) is 0.525. The molecule has 0 spiro atoms. The molecule has 3 rings (SSSR count). The fourth-order valence-electron chi connectivity index (χ4n) is 2.99. The molecule has 0 aromatic heterocycles. The summed E-state index contributed by atoms with van der Waals surface area (Å²) in [6, 6.07) is 13.8. The summed E-state index contributed by atoms with van der Waals surface area (Å²) in [4.78, 5) is 17.2. The number of methoxy groups -OCH3 is 2. The van der Waals surface area contributed by atoms with E-state index in [1.807, 2.05) is 67.5 Å². The Kier molecular flexibility index (Phi) is 6.82. The molecule has 7 heteroatoms. The summed E-state index contributed by atoms with van der Waals surface area (Å²) in [7, 11) is 7.22. The molecule has 1 saturated heterocycles. The van der Waals surface area contributed by atoms with Crippen LogP contribution in [0.4, 0.5) is 5.69 Å². The number of thioether (sulfide) groups is 1. The molecule has 1 amide bonds. The van der Waals surface area contributed by atoms with Crippen molar-refractivity contribution >= 4 is 46.0 Å². The number of thiocarbonyl (C=S) groups is 1. The van der Waals surface area contributed by atoms with Gasteiger partial charge in [0.2, 0.25) is 0 Å². The first kappa shape index (κ1) is 21.2. The molecule has 1 heterocycles. The zero-order valence-corrected chi connectivity index (χ0v) is 18.6. The topological polar surface area (TPSA) is 42.0 Å². The molecule has 0 radical (unpaired) electrons. The largest absolute Gasteiger partial charge is 0.493 e. The highest BCUT2D eigenvalue weighted by atomic mass is 32.2. The van der Waals surface area contributed by atoms with Crippen molar-refractivity contribution in [2.24, 2.45) is 0 Å². The summed E-state index contributed by atoms with van der Waals surface area (Å²) in [5, 5.41) is 0. The molecule has 1 aliphatic rings. The van der Waals surface area contributed by atoms with E-state index >= 15 is 0 Å². The lowest BCUT2D eigenvalue weighted by molar-refractivity contribution is -0.122. The minimum atomic E-state index is -0.0443. The van der Waals surface area contributed by atoms with E-state index < -0.39 is 0 Å². The van der Waals surface area contributed by atoms with Crippen LogP contribution in [0.25, 0.3) is 6.08 Å². The van der Waals surface area contributed by atoms with E-state index in [1.165, 1.54) is 11.8 Å². The molecule has 5 nitrogen and oxygen atoms in total. The van der Waals surface area contributed by atoms with Gasteiger partial charge in [-0.05, 0) is 47.9 Å². The highest BCUT2D eigenvalue weighted by molar-refractivity contribution is 8.26. The van der Waals surface area contributed by atoms with Gasteiger partial charge in [0.05, 0.1) is 19.1 Å². The van der Waals surface area contributed by atoms with Gasteiger partial charge < -0.3 is 14.4 Å². The second kappa shape index (κ2) is 9.33. The molecule has 0 N–H and O–H groups in total. The van der Waals surface area contributed by atoms with Gasteiger partial charge in [-0.1, -0.05) is 42.2 Å². The van der Waals surface area contributed by atoms with Crippen LogP contribution in [0.15, 0.2) is 47.4 Å². The predicted molar refractivity (Wildman–Crippen MR) is 124 cm³/mol. The Labute approximate surface area is 181 Å². The Morgan fingerprint density at radius 3 is 2.38 bits per heavy atom. The van der Waals surface area contributed by atoms with Crippen LogP contribution in [0.2, 0.25) is 0 Å². The van der Waals surface area contributed by atoms with Gasteiger partial charge in [-0.15, -0.1) is 0 Å². The van der Waals surface area contributed by atoms with Crippen molar-refractivity contribution in [2.45, 2.75) is 6.42 Å². The molecule has 0 aliphatic carbocycles. The molecule has 1 aliphatic heterocycles. The third-order valence-electron chi connectivity index (χ3n) is 4.65. The number of carbonyl (C=O) groups excluding carboxylic acids is 1. The van der Waals surface area contributed by atoms with Crippen molar-refractivity contribution in [3.63, 3.8) is 0 Å². The van der Waals surface area contributed by atoms with Gasteiger partial charge in [-0.3, -0.25) is 9.69 Å². The summed E-state index contributed by atoms with van der Waals surface area (Å²) < 4.78 is 11.2. The second-order valence-electron chi connectivity index (χ2n) is 6.76. The molecule has 2 aromatic rings. The summed E-state index contributed by atoms with van der Waals surface area (Å²) in [5.41, 5.74) is 3.15. The van der Waals surface area contributed by atoms with Crippen LogP contribution in [0, 0.1) is 0 Å². The number of carbonyl (C=O) groups is 1. The fourth-order valence-corrected chi connectivity index (χ4v) is 4.30. The average Bonchev–Trinajstić information content (AvgIpc) is 2.99. The van der Waals surface area contributed by atoms with Crippen molar-refractivity contribution in [2.75, 3.05) is 39.8 Å². The molecule has 0 unspecified atom stereocenters. The van der Waals surface area contributed by atoms with E-state index in [-0.39, 0.29) is 5.91 Å². The van der Waals surface area contributed by atoms with Crippen LogP contribution >= 0.6 is 24.0 Å².